The van der Waals surface area contributed by atoms with E-state index >= 15 is 0 Å². The molecular formula is C7H11BrN2O. The van der Waals surface area contributed by atoms with E-state index in [1.165, 1.54) is 0 Å². The van der Waals surface area contributed by atoms with Crippen LogP contribution in [0.3, 0.4) is 0 Å². The van der Waals surface area contributed by atoms with Crippen molar-refractivity contribution < 1.29 is 4.84 Å². The Labute approximate surface area is 74.8 Å². The molecular weight excluding hydrogens is 208 g/mol. The molecule has 0 bridgehead atoms. The van der Waals surface area contributed by atoms with Gasteiger partial charge in [-0.1, -0.05) is 33.2 Å². The Morgan fingerprint density at radius 2 is 2.55 bits per heavy atom. The van der Waals surface area contributed by atoms with Crippen molar-refractivity contribution >= 4 is 21.8 Å². The van der Waals surface area contributed by atoms with Crippen molar-refractivity contribution in [3.63, 3.8) is 0 Å². The number of alkyl halides is 1. The van der Waals surface area contributed by atoms with Crippen molar-refractivity contribution in [2.24, 2.45) is 5.16 Å². The van der Waals surface area contributed by atoms with E-state index in [0.717, 1.165) is 17.7 Å². The lowest BCUT2D eigenvalue weighted by molar-refractivity contribution is 0.114. The first-order chi connectivity index (χ1) is 5.34. The molecule has 3 nitrogen and oxygen atoms in total. The lowest BCUT2D eigenvalue weighted by atomic mass is 10.4. The molecule has 0 fully saturated rings. The minimum Gasteiger partial charge on any atom is -0.372 e. The number of hydrogen-bond acceptors (Lipinski definition) is 3. The molecule has 0 atom stereocenters. The smallest absolute Gasteiger partial charge is 0.191 e. The van der Waals surface area contributed by atoms with E-state index in [1.807, 2.05) is 6.92 Å². The highest BCUT2D eigenvalue weighted by Gasteiger charge is 2.11. The Morgan fingerprint density at radius 1 is 1.73 bits per heavy atom. The average molecular weight is 219 g/mol. The van der Waals surface area contributed by atoms with Gasteiger partial charge in [-0.3, -0.25) is 0 Å². The predicted molar refractivity (Wildman–Crippen MR) is 48.7 cm³/mol. The van der Waals surface area contributed by atoms with Crippen LogP contribution in [-0.2, 0) is 4.84 Å². The Bertz CT molecular complexity index is 179. The molecule has 4 heteroatoms. The third-order valence-electron chi connectivity index (χ3n) is 1.45. The van der Waals surface area contributed by atoms with Gasteiger partial charge in [-0.25, -0.2) is 0 Å². The molecule has 11 heavy (non-hydrogen) atoms. The van der Waals surface area contributed by atoms with Crippen molar-refractivity contribution in [3.05, 3.63) is 12.2 Å². The summed E-state index contributed by atoms with van der Waals surface area (Å²) < 4.78 is 0. The second-order valence-electron chi connectivity index (χ2n) is 2.24. The molecule has 0 aromatic carbocycles. The van der Waals surface area contributed by atoms with Gasteiger partial charge < -0.3 is 9.74 Å². The van der Waals surface area contributed by atoms with Crippen LogP contribution >= 0.6 is 15.9 Å². The van der Waals surface area contributed by atoms with Crippen molar-refractivity contribution in [1.29, 1.82) is 0 Å². The van der Waals surface area contributed by atoms with Gasteiger partial charge >= 0.3 is 0 Å². The van der Waals surface area contributed by atoms with Crippen molar-refractivity contribution in [2.45, 2.75) is 6.92 Å². The van der Waals surface area contributed by atoms with Crippen molar-refractivity contribution in [2.75, 3.05) is 18.6 Å². The van der Waals surface area contributed by atoms with Crippen LogP contribution in [0, 0.1) is 0 Å². The van der Waals surface area contributed by atoms with Crippen LogP contribution in [0.4, 0.5) is 0 Å². The minimum absolute atomic E-state index is 0.582. The van der Waals surface area contributed by atoms with Gasteiger partial charge in [0.25, 0.3) is 0 Å². The van der Waals surface area contributed by atoms with E-state index in [1.54, 1.807) is 0 Å². The summed E-state index contributed by atoms with van der Waals surface area (Å²) in [5, 5.41) is 4.69. The van der Waals surface area contributed by atoms with Crippen LogP contribution in [0.25, 0.3) is 0 Å². The summed E-state index contributed by atoms with van der Waals surface area (Å²) >= 11 is 3.31. The van der Waals surface area contributed by atoms with Crippen LogP contribution < -0.4 is 0 Å². The maximum absolute atomic E-state index is 4.87. The van der Waals surface area contributed by atoms with Gasteiger partial charge in [0.2, 0.25) is 0 Å². The van der Waals surface area contributed by atoms with E-state index in [-0.39, 0.29) is 0 Å². The van der Waals surface area contributed by atoms with Gasteiger partial charge in [0.15, 0.2) is 6.73 Å². The summed E-state index contributed by atoms with van der Waals surface area (Å²) in [6.45, 7) is 3.40. The zero-order valence-electron chi connectivity index (χ0n) is 6.46. The first kappa shape index (κ1) is 8.59. The highest BCUT2D eigenvalue weighted by Crippen LogP contribution is 2.01. The third kappa shape index (κ3) is 2.54. The molecule has 0 N–H and O–H groups in total. The predicted octanol–water partition coefficient (Wildman–Crippen LogP) is 1.56. The second kappa shape index (κ2) is 4.38. The molecule has 0 aromatic rings. The summed E-state index contributed by atoms with van der Waals surface area (Å²) in [6, 6.07) is 0. The average Bonchev–Trinajstić information content (AvgIpc) is 2.37. The normalized spacial score (nSPS) is 17.3. The van der Waals surface area contributed by atoms with Gasteiger partial charge in [-0.15, -0.1) is 0 Å². The van der Waals surface area contributed by atoms with Gasteiger partial charge in [0.1, 0.15) is 5.84 Å². The number of oxime groups is 1. The summed E-state index contributed by atoms with van der Waals surface area (Å²) in [5.74, 6) is 0.948. The minimum atomic E-state index is 0.582. The van der Waals surface area contributed by atoms with E-state index in [4.69, 9.17) is 4.84 Å². The molecule has 0 spiro atoms. The van der Waals surface area contributed by atoms with Gasteiger partial charge in [0.05, 0.1) is 0 Å². The Hall–Kier alpha value is -0.510. The van der Waals surface area contributed by atoms with Gasteiger partial charge in [-0.05, 0) is 6.92 Å². The molecule has 0 saturated carbocycles. The fourth-order valence-electron chi connectivity index (χ4n) is 0.793. The summed E-state index contributed by atoms with van der Waals surface area (Å²) in [6.07, 6.45) is 4.15. The number of nitrogens with zero attached hydrogens (tertiary/aromatic N) is 2. The Kier molecular flexibility index (Phi) is 3.42. The van der Waals surface area contributed by atoms with Crippen LogP contribution in [0.2, 0.25) is 0 Å². The molecule has 1 heterocycles. The fraction of sp³-hybridized carbons (Fsp3) is 0.571. The number of rotatable bonds is 3. The van der Waals surface area contributed by atoms with Crippen LogP contribution in [0.15, 0.2) is 17.3 Å². The molecule has 0 aromatic heterocycles. The van der Waals surface area contributed by atoms with E-state index in [0.29, 0.717) is 6.73 Å². The first-order valence-electron chi connectivity index (χ1n) is 3.47. The molecule has 1 aliphatic rings. The fourth-order valence-corrected chi connectivity index (χ4v) is 1.06. The van der Waals surface area contributed by atoms with Crippen LogP contribution in [-0.4, -0.2) is 29.3 Å². The standard InChI is InChI=1S/C7H11BrN2O/c1-7-9-11-6-10(7)5-3-2-4-8/h2-3H,4-6H2,1H3/b3-2+. The molecule has 0 aliphatic carbocycles. The number of halogens is 1. The van der Waals surface area contributed by atoms with Crippen molar-refractivity contribution in [1.82, 2.24) is 4.90 Å². The maximum Gasteiger partial charge on any atom is 0.191 e. The second-order valence-corrected chi connectivity index (χ2v) is 2.89. The SMILES string of the molecule is CC1=NOCN1C/C=C/CBr. The number of hydrogen-bond donors (Lipinski definition) is 0. The third-order valence-corrected chi connectivity index (χ3v) is 1.82. The number of allylic oxidation sites excluding steroid dienone is 1. The Balaban J connectivity index is 2.27. The molecule has 1 aliphatic heterocycles. The first-order valence-corrected chi connectivity index (χ1v) is 4.59. The zero-order chi connectivity index (χ0) is 8.10. The van der Waals surface area contributed by atoms with E-state index in [2.05, 4.69) is 38.1 Å². The molecule has 0 saturated heterocycles. The zero-order valence-corrected chi connectivity index (χ0v) is 8.04. The highest BCUT2D eigenvalue weighted by atomic mass is 79.9. The topological polar surface area (TPSA) is 24.8 Å². The van der Waals surface area contributed by atoms with E-state index < -0.39 is 0 Å². The van der Waals surface area contributed by atoms with Crippen LogP contribution in [0.1, 0.15) is 6.92 Å². The summed E-state index contributed by atoms with van der Waals surface area (Å²) in [7, 11) is 0. The monoisotopic (exact) mass is 218 g/mol. The largest absolute Gasteiger partial charge is 0.372 e. The molecule has 1 rings (SSSR count). The summed E-state index contributed by atoms with van der Waals surface area (Å²) in [5.41, 5.74) is 0. The summed E-state index contributed by atoms with van der Waals surface area (Å²) in [4.78, 5) is 6.92. The van der Waals surface area contributed by atoms with Crippen molar-refractivity contribution in [3.8, 4) is 0 Å². The molecule has 0 unspecified atom stereocenters. The lowest BCUT2D eigenvalue weighted by Gasteiger charge is -2.11. The van der Waals surface area contributed by atoms with Gasteiger partial charge in [-0.2, -0.15) is 0 Å². The maximum atomic E-state index is 4.87. The molecule has 0 amide bonds. The highest BCUT2D eigenvalue weighted by molar-refractivity contribution is 9.09. The molecule has 0 radical (unpaired) electrons. The van der Waals surface area contributed by atoms with E-state index in [9.17, 15) is 0 Å². The quantitative estimate of drug-likeness (QED) is 0.531. The Morgan fingerprint density at radius 3 is 3.09 bits per heavy atom. The number of amidine groups is 1. The lowest BCUT2D eigenvalue weighted by Crippen LogP contribution is -2.25. The van der Waals surface area contributed by atoms with Gasteiger partial charge in [0, 0.05) is 11.9 Å². The molecule has 62 valence electrons. The van der Waals surface area contributed by atoms with Crippen LogP contribution in [0.5, 0.6) is 0 Å².